The van der Waals surface area contributed by atoms with Crippen molar-refractivity contribution in [3.63, 3.8) is 0 Å². The lowest BCUT2D eigenvalue weighted by Gasteiger charge is -2.00. The third kappa shape index (κ3) is 5.03. The van der Waals surface area contributed by atoms with E-state index in [1.807, 2.05) is 41.1 Å². The maximum atomic E-state index is 11.3. The molecular weight excluding hydrogens is 292 g/mol. The molecule has 6 nitrogen and oxygen atoms in total. The highest BCUT2D eigenvalue weighted by atomic mass is 32.2. The number of amides is 1. The van der Waals surface area contributed by atoms with Gasteiger partial charge in [-0.1, -0.05) is 35.5 Å². The number of hydrogen-bond acceptors (Lipinski definition) is 5. The molecule has 2 rings (SSSR count). The molecule has 7 heteroatoms. The molecule has 0 unspecified atom stereocenters. The molecule has 0 saturated carbocycles. The number of rotatable bonds is 6. The van der Waals surface area contributed by atoms with E-state index >= 15 is 0 Å². The summed E-state index contributed by atoms with van der Waals surface area (Å²) in [5.41, 5.74) is 1.70. The molecule has 21 heavy (non-hydrogen) atoms. The molecular formula is C14H16N2O4S. The predicted molar refractivity (Wildman–Crippen MR) is 77.9 cm³/mol. The molecule has 112 valence electrons. The quantitative estimate of drug-likeness (QED) is 0.878. The first-order valence-corrected chi connectivity index (χ1v) is 8.35. The lowest BCUT2D eigenvalue weighted by atomic mass is 10.1. The number of benzene rings is 1. The highest BCUT2D eigenvalue weighted by molar-refractivity contribution is 7.89. The molecule has 0 saturated heterocycles. The smallest absolute Gasteiger partial charge is 0.233 e. The lowest BCUT2D eigenvalue weighted by molar-refractivity contribution is -0.119. The third-order valence-corrected chi connectivity index (χ3v) is 3.35. The SMILES string of the molecule is CS(=O)(=O)NC(=O)CCCc1cc(-c2ccccc2)no1. The first-order valence-electron chi connectivity index (χ1n) is 6.46. The van der Waals surface area contributed by atoms with E-state index in [-0.39, 0.29) is 6.42 Å². The van der Waals surface area contributed by atoms with Crippen molar-refractivity contribution in [1.29, 1.82) is 0 Å². The molecule has 0 bridgehead atoms. The summed E-state index contributed by atoms with van der Waals surface area (Å²) in [4.78, 5) is 11.3. The van der Waals surface area contributed by atoms with Crippen LogP contribution in [0.3, 0.4) is 0 Å². The van der Waals surface area contributed by atoms with Crippen LogP contribution in [0.25, 0.3) is 11.3 Å². The normalized spacial score (nSPS) is 11.3. The van der Waals surface area contributed by atoms with Crippen LogP contribution in [0.2, 0.25) is 0 Å². The zero-order valence-corrected chi connectivity index (χ0v) is 12.4. The zero-order chi connectivity index (χ0) is 15.3. The van der Waals surface area contributed by atoms with Crippen LogP contribution in [-0.2, 0) is 21.2 Å². The standard InChI is InChI=1S/C14H16N2O4S/c1-21(18,19)16-14(17)9-5-8-12-10-13(15-20-12)11-6-3-2-4-7-11/h2-4,6-7,10H,5,8-9H2,1H3,(H,16,17). The van der Waals surface area contributed by atoms with Crippen LogP contribution in [0.4, 0.5) is 0 Å². The van der Waals surface area contributed by atoms with Crippen molar-refractivity contribution >= 4 is 15.9 Å². The highest BCUT2D eigenvalue weighted by Crippen LogP contribution is 2.19. The van der Waals surface area contributed by atoms with Crippen molar-refractivity contribution in [2.45, 2.75) is 19.3 Å². The number of aryl methyl sites for hydroxylation is 1. The Bertz CT molecular complexity index is 708. The fourth-order valence-corrected chi connectivity index (χ4v) is 2.37. The Kier molecular flexibility index (Phi) is 4.74. The molecule has 1 aromatic heterocycles. The molecule has 1 aromatic carbocycles. The number of carbonyl (C=O) groups excluding carboxylic acids is 1. The molecule has 0 aliphatic heterocycles. The van der Waals surface area contributed by atoms with E-state index in [1.165, 1.54) is 0 Å². The van der Waals surface area contributed by atoms with Crippen molar-refractivity contribution in [3.8, 4) is 11.3 Å². The maximum Gasteiger partial charge on any atom is 0.233 e. The van der Waals surface area contributed by atoms with Crippen LogP contribution >= 0.6 is 0 Å². The number of hydrogen-bond donors (Lipinski definition) is 1. The van der Waals surface area contributed by atoms with Gasteiger partial charge in [0.05, 0.1) is 6.26 Å². The summed E-state index contributed by atoms with van der Waals surface area (Å²) in [6.07, 6.45) is 2.09. The Balaban J connectivity index is 1.85. The monoisotopic (exact) mass is 308 g/mol. The van der Waals surface area contributed by atoms with E-state index in [0.717, 1.165) is 17.5 Å². The van der Waals surface area contributed by atoms with Gasteiger partial charge in [0, 0.05) is 24.5 Å². The van der Waals surface area contributed by atoms with Crippen molar-refractivity contribution < 1.29 is 17.7 Å². The van der Waals surface area contributed by atoms with E-state index in [4.69, 9.17) is 4.52 Å². The second kappa shape index (κ2) is 6.53. The van der Waals surface area contributed by atoms with Crippen LogP contribution in [-0.4, -0.2) is 25.7 Å². The first-order chi connectivity index (χ1) is 9.94. The van der Waals surface area contributed by atoms with Gasteiger partial charge in [0.25, 0.3) is 0 Å². The minimum atomic E-state index is -3.49. The Morgan fingerprint density at radius 1 is 1.29 bits per heavy atom. The summed E-state index contributed by atoms with van der Waals surface area (Å²) >= 11 is 0. The summed E-state index contributed by atoms with van der Waals surface area (Å²) < 4.78 is 28.9. The summed E-state index contributed by atoms with van der Waals surface area (Å²) in [6, 6.07) is 11.4. The third-order valence-electron chi connectivity index (χ3n) is 2.75. The number of nitrogens with one attached hydrogen (secondary N) is 1. The van der Waals surface area contributed by atoms with E-state index < -0.39 is 15.9 Å². The highest BCUT2D eigenvalue weighted by Gasteiger charge is 2.10. The summed E-state index contributed by atoms with van der Waals surface area (Å²) in [5, 5.41) is 3.97. The number of sulfonamides is 1. The lowest BCUT2D eigenvalue weighted by Crippen LogP contribution is -2.29. The van der Waals surface area contributed by atoms with Crippen LogP contribution in [0.15, 0.2) is 40.9 Å². The Hall–Kier alpha value is -2.15. The maximum absolute atomic E-state index is 11.3. The predicted octanol–water partition coefficient (Wildman–Crippen LogP) is 1.74. The van der Waals surface area contributed by atoms with Crippen LogP contribution < -0.4 is 4.72 Å². The molecule has 1 amide bonds. The molecule has 2 aromatic rings. The van der Waals surface area contributed by atoms with Gasteiger partial charge in [-0.3, -0.25) is 9.52 Å². The molecule has 0 fully saturated rings. The summed E-state index contributed by atoms with van der Waals surface area (Å²) in [5.74, 6) is 0.154. The molecule has 1 N–H and O–H groups in total. The minimum Gasteiger partial charge on any atom is -0.361 e. The zero-order valence-electron chi connectivity index (χ0n) is 11.6. The fourth-order valence-electron chi connectivity index (χ4n) is 1.86. The van der Waals surface area contributed by atoms with Crippen molar-refractivity contribution in [1.82, 2.24) is 9.88 Å². The summed E-state index contributed by atoms with van der Waals surface area (Å²) in [6.45, 7) is 0. The first kappa shape index (κ1) is 15.2. The minimum absolute atomic E-state index is 0.119. The molecule has 0 atom stereocenters. The second-order valence-electron chi connectivity index (χ2n) is 4.70. The molecule has 0 spiro atoms. The van der Waals surface area contributed by atoms with Gasteiger partial charge in [-0.05, 0) is 6.42 Å². The fraction of sp³-hybridized carbons (Fsp3) is 0.286. The Morgan fingerprint density at radius 2 is 2.00 bits per heavy atom. The van der Waals surface area contributed by atoms with Gasteiger partial charge in [-0.15, -0.1) is 0 Å². The van der Waals surface area contributed by atoms with Crippen molar-refractivity contribution in [2.24, 2.45) is 0 Å². The number of nitrogens with zero attached hydrogens (tertiary/aromatic N) is 1. The van der Waals surface area contributed by atoms with E-state index in [9.17, 15) is 13.2 Å². The Labute approximate surface area is 123 Å². The van der Waals surface area contributed by atoms with E-state index in [2.05, 4.69) is 5.16 Å². The number of aromatic nitrogens is 1. The average molecular weight is 308 g/mol. The van der Waals surface area contributed by atoms with Crippen LogP contribution in [0.5, 0.6) is 0 Å². The molecule has 0 radical (unpaired) electrons. The van der Waals surface area contributed by atoms with Crippen molar-refractivity contribution in [3.05, 3.63) is 42.2 Å². The van der Waals surface area contributed by atoms with Gasteiger partial charge in [0.15, 0.2) is 0 Å². The van der Waals surface area contributed by atoms with Gasteiger partial charge in [-0.25, -0.2) is 8.42 Å². The molecule has 0 aliphatic rings. The van der Waals surface area contributed by atoms with Gasteiger partial charge >= 0.3 is 0 Å². The largest absolute Gasteiger partial charge is 0.361 e. The molecule has 1 heterocycles. The van der Waals surface area contributed by atoms with Gasteiger partial charge in [0.2, 0.25) is 15.9 Å². The van der Waals surface area contributed by atoms with Gasteiger partial charge in [0.1, 0.15) is 11.5 Å². The topological polar surface area (TPSA) is 89.3 Å². The van der Waals surface area contributed by atoms with Crippen LogP contribution in [0.1, 0.15) is 18.6 Å². The van der Waals surface area contributed by atoms with Gasteiger partial charge < -0.3 is 4.52 Å². The number of carbonyl (C=O) groups is 1. The Morgan fingerprint density at radius 3 is 2.67 bits per heavy atom. The van der Waals surface area contributed by atoms with Crippen LogP contribution in [0, 0.1) is 0 Å². The van der Waals surface area contributed by atoms with Gasteiger partial charge in [-0.2, -0.15) is 0 Å². The molecule has 0 aliphatic carbocycles. The van der Waals surface area contributed by atoms with E-state index in [0.29, 0.717) is 18.6 Å². The second-order valence-corrected chi connectivity index (χ2v) is 6.44. The average Bonchev–Trinajstić information content (AvgIpc) is 2.86. The van der Waals surface area contributed by atoms with Crippen molar-refractivity contribution in [2.75, 3.05) is 6.26 Å². The summed E-state index contributed by atoms with van der Waals surface area (Å²) in [7, 11) is -3.49. The van der Waals surface area contributed by atoms with E-state index in [1.54, 1.807) is 0 Å².